The van der Waals surface area contributed by atoms with Crippen LogP contribution in [0.4, 0.5) is 0 Å². The Balaban J connectivity index is 0.00000161. The third-order valence-corrected chi connectivity index (χ3v) is 5.07. The van der Waals surface area contributed by atoms with Gasteiger partial charge in [0.05, 0.1) is 0 Å². The van der Waals surface area contributed by atoms with Gasteiger partial charge in [0.25, 0.3) is 0 Å². The van der Waals surface area contributed by atoms with E-state index in [1.54, 1.807) is 0 Å². The number of likely N-dealkylation sites (tertiary alicyclic amines) is 1. The van der Waals surface area contributed by atoms with Crippen molar-refractivity contribution in [2.45, 2.75) is 44.2 Å². The lowest BCUT2D eigenvalue weighted by Crippen LogP contribution is -2.54. The summed E-state index contributed by atoms with van der Waals surface area (Å²) in [5.41, 5.74) is 0.751. The van der Waals surface area contributed by atoms with Crippen molar-refractivity contribution in [1.82, 2.24) is 4.90 Å². The first-order valence-corrected chi connectivity index (χ1v) is 7.59. The molecule has 21 heavy (non-hydrogen) atoms. The summed E-state index contributed by atoms with van der Waals surface area (Å²) in [4.78, 5) is 14.2. The molecule has 3 rings (SSSR count). The van der Waals surface area contributed by atoms with Crippen LogP contribution in [0.2, 0.25) is 0 Å². The smallest absolute Gasteiger partial charge is 0.303 e. The highest BCUT2D eigenvalue weighted by Gasteiger charge is 2.52. The van der Waals surface area contributed by atoms with Gasteiger partial charge in [-0.1, -0.05) is 36.8 Å². The Labute approximate surface area is 133 Å². The van der Waals surface area contributed by atoms with Crippen LogP contribution in [0.1, 0.15) is 38.2 Å². The average Bonchev–Trinajstić information content (AvgIpc) is 2.94. The predicted octanol–water partition coefficient (Wildman–Crippen LogP) is 3.37. The Morgan fingerprint density at radius 3 is 2.67 bits per heavy atom. The molecule has 0 N–H and O–H groups in total. The maximum absolute atomic E-state index is 11.7. The number of piperidine rings is 1. The summed E-state index contributed by atoms with van der Waals surface area (Å²) in [6, 6.07) is 10.9. The fourth-order valence-corrected chi connectivity index (χ4v) is 4.23. The Kier molecular flexibility index (Phi) is 4.95. The van der Waals surface area contributed by atoms with Crippen molar-refractivity contribution < 1.29 is 9.53 Å². The average molecular weight is 310 g/mol. The van der Waals surface area contributed by atoms with E-state index in [1.165, 1.54) is 25.3 Å². The SMILES string of the molecule is CC(=O)OC1(c2ccccc2)CCN(C)C2CCCC21.Cl. The maximum atomic E-state index is 11.7. The molecule has 1 aromatic rings. The molecule has 0 spiro atoms. The largest absolute Gasteiger partial charge is 0.454 e. The monoisotopic (exact) mass is 309 g/mol. The van der Waals surface area contributed by atoms with Crippen molar-refractivity contribution in [3.05, 3.63) is 35.9 Å². The predicted molar refractivity (Wildman–Crippen MR) is 85.5 cm³/mol. The van der Waals surface area contributed by atoms with Gasteiger partial charge >= 0.3 is 5.97 Å². The maximum Gasteiger partial charge on any atom is 0.303 e. The molecule has 3 atom stereocenters. The number of rotatable bonds is 2. The van der Waals surface area contributed by atoms with Crippen molar-refractivity contribution in [3.63, 3.8) is 0 Å². The number of carbonyl (C=O) groups excluding carboxylic acids is 1. The molecule has 3 nitrogen and oxygen atoms in total. The highest BCUT2D eigenvalue weighted by molar-refractivity contribution is 5.85. The van der Waals surface area contributed by atoms with E-state index >= 15 is 0 Å². The number of carbonyl (C=O) groups is 1. The van der Waals surface area contributed by atoms with E-state index in [4.69, 9.17) is 4.74 Å². The number of hydrogen-bond acceptors (Lipinski definition) is 3. The lowest BCUT2D eigenvalue weighted by Gasteiger charge is -2.48. The first-order chi connectivity index (χ1) is 9.63. The molecule has 0 amide bonds. The summed E-state index contributed by atoms with van der Waals surface area (Å²) in [6.07, 6.45) is 4.50. The van der Waals surface area contributed by atoms with Crippen molar-refractivity contribution in [2.75, 3.05) is 13.6 Å². The van der Waals surface area contributed by atoms with Crippen molar-refractivity contribution in [1.29, 1.82) is 0 Å². The van der Waals surface area contributed by atoms with Gasteiger partial charge in [-0.05, 0) is 25.5 Å². The van der Waals surface area contributed by atoms with E-state index < -0.39 is 5.60 Å². The van der Waals surface area contributed by atoms with Gasteiger partial charge in [0.1, 0.15) is 5.60 Å². The number of halogens is 1. The summed E-state index contributed by atoms with van der Waals surface area (Å²) >= 11 is 0. The fraction of sp³-hybridized carbons (Fsp3) is 0.588. The highest BCUT2D eigenvalue weighted by atomic mass is 35.5. The van der Waals surface area contributed by atoms with Crippen molar-refractivity contribution in [2.24, 2.45) is 5.92 Å². The Bertz CT molecular complexity index is 493. The van der Waals surface area contributed by atoms with Crippen LogP contribution in [0, 0.1) is 5.92 Å². The molecule has 0 aromatic heterocycles. The molecule has 0 radical (unpaired) electrons. The number of ether oxygens (including phenoxy) is 1. The number of benzene rings is 1. The van der Waals surface area contributed by atoms with Gasteiger partial charge in [-0.25, -0.2) is 0 Å². The second-order valence-corrected chi connectivity index (χ2v) is 6.18. The van der Waals surface area contributed by atoms with Gasteiger partial charge in [-0.3, -0.25) is 4.79 Å². The zero-order valence-electron chi connectivity index (χ0n) is 12.7. The molecule has 2 aliphatic rings. The molecule has 3 unspecified atom stereocenters. The Morgan fingerprint density at radius 1 is 1.29 bits per heavy atom. The van der Waals surface area contributed by atoms with E-state index in [0.29, 0.717) is 12.0 Å². The zero-order chi connectivity index (χ0) is 14.2. The summed E-state index contributed by atoms with van der Waals surface area (Å²) in [5.74, 6) is 0.261. The Hall–Kier alpha value is -1.06. The first kappa shape index (κ1) is 16.3. The minimum absolute atomic E-state index is 0. The summed E-state index contributed by atoms with van der Waals surface area (Å²) in [6.45, 7) is 2.52. The molecular formula is C17H24ClNO2. The highest BCUT2D eigenvalue weighted by Crippen LogP contribution is 2.50. The molecule has 4 heteroatoms. The second kappa shape index (κ2) is 6.37. The topological polar surface area (TPSA) is 29.5 Å². The zero-order valence-corrected chi connectivity index (χ0v) is 13.6. The van der Waals surface area contributed by atoms with Crippen LogP contribution in [-0.4, -0.2) is 30.5 Å². The van der Waals surface area contributed by atoms with Gasteiger partial charge < -0.3 is 9.64 Å². The summed E-state index contributed by atoms with van der Waals surface area (Å²) in [5, 5.41) is 0. The van der Waals surface area contributed by atoms with E-state index in [9.17, 15) is 4.79 Å². The molecule has 2 fully saturated rings. The third-order valence-electron chi connectivity index (χ3n) is 5.07. The molecule has 0 bridgehead atoms. The summed E-state index contributed by atoms with van der Waals surface area (Å²) < 4.78 is 5.96. The van der Waals surface area contributed by atoms with E-state index in [2.05, 4.69) is 24.1 Å². The van der Waals surface area contributed by atoms with Gasteiger partial charge in [0, 0.05) is 31.8 Å². The van der Waals surface area contributed by atoms with Gasteiger partial charge in [-0.2, -0.15) is 0 Å². The quantitative estimate of drug-likeness (QED) is 0.785. The summed E-state index contributed by atoms with van der Waals surface area (Å²) in [7, 11) is 2.20. The fourth-order valence-electron chi connectivity index (χ4n) is 4.23. The normalized spacial score (nSPS) is 32.1. The van der Waals surface area contributed by atoms with Crippen LogP contribution in [0.25, 0.3) is 0 Å². The molecule has 1 saturated carbocycles. The molecule has 1 aliphatic heterocycles. The standard InChI is InChI=1S/C17H23NO2.ClH/c1-13(19)20-17(14-7-4-3-5-8-14)11-12-18(2)16-10-6-9-15(16)17;/h3-5,7-8,15-16H,6,9-12H2,1-2H3;1H. The molecule has 1 aliphatic carbocycles. The molecular weight excluding hydrogens is 286 g/mol. The van der Waals surface area contributed by atoms with Crippen LogP contribution in [0.15, 0.2) is 30.3 Å². The molecule has 116 valence electrons. The minimum Gasteiger partial charge on any atom is -0.454 e. The second-order valence-electron chi connectivity index (χ2n) is 6.18. The number of fused-ring (bicyclic) bond motifs is 1. The first-order valence-electron chi connectivity index (χ1n) is 7.59. The van der Waals surface area contributed by atoms with Crippen LogP contribution in [0.5, 0.6) is 0 Å². The Morgan fingerprint density at radius 2 is 2.00 bits per heavy atom. The number of esters is 1. The minimum atomic E-state index is -0.416. The van der Waals surface area contributed by atoms with Crippen molar-refractivity contribution in [3.8, 4) is 0 Å². The van der Waals surface area contributed by atoms with E-state index in [0.717, 1.165) is 19.4 Å². The lowest BCUT2D eigenvalue weighted by molar-refractivity contribution is -0.176. The van der Waals surface area contributed by atoms with E-state index in [1.807, 2.05) is 18.2 Å². The number of hydrogen-bond donors (Lipinski definition) is 0. The lowest BCUT2D eigenvalue weighted by atomic mass is 9.73. The van der Waals surface area contributed by atoms with E-state index in [-0.39, 0.29) is 18.4 Å². The van der Waals surface area contributed by atoms with Crippen LogP contribution < -0.4 is 0 Å². The molecule has 1 saturated heterocycles. The van der Waals surface area contributed by atoms with Crippen LogP contribution >= 0.6 is 12.4 Å². The van der Waals surface area contributed by atoms with Gasteiger partial charge in [0.2, 0.25) is 0 Å². The van der Waals surface area contributed by atoms with Gasteiger partial charge in [-0.15, -0.1) is 12.4 Å². The molecule has 1 heterocycles. The molecule has 1 aromatic carbocycles. The van der Waals surface area contributed by atoms with Crippen LogP contribution in [0.3, 0.4) is 0 Å². The third kappa shape index (κ3) is 2.82. The van der Waals surface area contributed by atoms with Crippen molar-refractivity contribution >= 4 is 18.4 Å². The van der Waals surface area contributed by atoms with Crippen LogP contribution in [-0.2, 0) is 15.1 Å². The number of nitrogens with zero attached hydrogens (tertiary/aromatic N) is 1. The van der Waals surface area contributed by atoms with Gasteiger partial charge in [0.15, 0.2) is 0 Å².